The van der Waals surface area contributed by atoms with Crippen LogP contribution in [0.3, 0.4) is 0 Å². The molecule has 0 aliphatic heterocycles. The molecule has 1 fully saturated rings. The average molecular weight is 976 g/mol. The van der Waals surface area contributed by atoms with Crippen LogP contribution in [0.2, 0.25) is 0 Å². The molecule has 1 saturated carbocycles. The summed E-state index contributed by atoms with van der Waals surface area (Å²) in [4.78, 5) is 67.7. The monoisotopic (exact) mass is 975 g/mol. The van der Waals surface area contributed by atoms with Crippen molar-refractivity contribution in [2.75, 3.05) is 39.2 Å². The summed E-state index contributed by atoms with van der Waals surface area (Å²) < 4.78 is 5.52. The molecule has 370 valence electrons. The number of Topliss-reactive ketones (excluding diaryl/α,β-unsaturated/α-hetero) is 2. The predicted molar refractivity (Wildman–Crippen MR) is 270 cm³/mol. The number of methoxy groups -OCH3 is 1. The Labute approximate surface area is 408 Å². The van der Waals surface area contributed by atoms with Gasteiger partial charge in [0.2, 0.25) is 17.6 Å². The Balaban J connectivity index is 0.958. The van der Waals surface area contributed by atoms with Crippen LogP contribution in [0.15, 0.2) is 102 Å². The number of primary amides is 1. The maximum absolute atomic E-state index is 14.3. The van der Waals surface area contributed by atoms with E-state index in [-0.39, 0.29) is 35.7 Å². The molecule has 3 amide bonds. The van der Waals surface area contributed by atoms with Gasteiger partial charge in [-0.3, -0.25) is 28.9 Å². The molecule has 0 saturated heterocycles. The molecular formula is C54H64N4O11P+. The first-order valence-corrected chi connectivity index (χ1v) is 25.7. The van der Waals surface area contributed by atoms with Crippen molar-refractivity contribution in [2.45, 2.75) is 89.4 Å². The van der Waals surface area contributed by atoms with Gasteiger partial charge >= 0.3 is 0 Å². The Morgan fingerprint density at radius 1 is 0.786 bits per heavy atom. The van der Waals surface area contributed by atoms with E-state index in [0.717, 1.165) is 37.6 Å². The van der Waals surface area contributed by atoms with E-state index in [1.807, 2.05) is 12.1 Å². The zero-order chi connectivity index (χ0) is 50.8. The normalized spacial score (nSPS) is 22.0. The SMILES string of the molecule is COc1ccc([P+](CCCCCCCC(=O)NCCC(=O)Nc2ccc(O)c3c2[C@H](C)[C@@H]2C(=C3O)C(=O)[C@]3(O)C(O)=C(C(N)=O)C(=O)[C@@H](N(C)C)[C@@H]3[C@H]2O)(c2ccc(C)cc2)c2ccc(C)cc2)cc1. The highest BCUT2D eigenvalue weighted by atomic mass is 31.2. The molecule has 16 heteroatoms. The number of phenols is 1. The lowest BCUT2D eigenvalue weighted by molar-refractivity contribution is -0.169. The molecule has 3 aliphatic carbocycles. The lowest BCUT2D eigenvalue weighted by atomic mass is 9.54. The standard InChI is InChI=1S/C54H63N4O11P/c1-30-13-19-34(20-14-30)70(35-21-15-31(2)16-22-35,36-23-17-33(69-6)18-24-36)29-11-9-7-8-10-12-39(60)56-28-27-40(61)57-37-25-26-38(59)43-41(37)32(3)42-44(48(43)62)51(65)54(68)46(49(42)63)47(58(4)5)50(64)45(52(54)66)53(55)67/h13-26,32,42,46-47,49,63,68H,7-12,27-29H2,1-6H3,(H6-,55,56,57,59,60,61,62,64,65,66,67)/p+1/t32-,42+,46+,47-,49-,54-/m0/s1. The molecule has 0 unspecified atom stereocenters. The maximum atomic E-state index is 14.3. The average Bonchev–Trinajstić information content (AvgIpc) is 3.32. The topological polar surface area (TPSA) is 249 Å². The Morgan fingerprint density at radius 2 is 1.34 bits per heavy atom. The number of hydrogen-bond acceptors (Lipinski definition) is 12. The lowest BCUT2D eigenvalue weighted by Crippen LogP contribution is -2.70. The van der Waals surface area contributed by atoms with Crippen molar-refractivity contribution in [3.8, 4) is 11.5 Å². The van der Waals surface area contributed by atoms with Crippen molar-refractivity contribution in [1.82, 2.24) is 10.2 Å². The van der Waals surface area contributed by atoms with E-state index in [2.05, 4.69) is 85.1 Å². The summed E-state index contributed by atoms with van der Waals surface area (Å²) >= 11 is 0. The number of aryl methyl sites for hydroxylation is 2. The first-order chi connectivity index (χ1) is 33.3. The fourth-order valence-electron chi connectivity index (χ4n) is 10.9. The Hall–Kier alpha value is -6.38. The Bertz CT molecular complexity index is 2690. The second-order valence-electron chi connectivity index (χ2n) is 19.0. The number of hydrogen-bond donors (Lipinski definition) is 8. The molecule has 7 rings (SSSR count). The van der Waals surface area contributed by atoms with Crippen molar-refractivity contribution in [2.24, 2.45) is 17.6 Å². The predicted octanol–water partition coefficient (Wildman–Crippen LogP) is 4.90. The van der Waals surface area contributed by atoms with Crippen molar-refractivity contribution < 1.29 is 54.2 Å². The molecule has 15 nitrogen and oxygen atoms in total. The van der Waals surface area contributed by atoms with Crippen molar-refractivity contribution in [3.63, 3.8) is 0 Å². The summed E-state index contributed by atoms with van der Waals surface area (Å²) in [5.41, 5.74) is 3.29. The minimum absolute atomic E-state index is 0.0331. The molecule has 70 heavy (non-hydrogen) atoms. The highest BCUT2D eigenvalue weighted by Crippen LogP contribution is 2.58. The number of fused-ring (bicyclic) bond motifs is 3. The number of rotatable bonds is 18. The van der Waals surface area contributed by atoms with Gasteiger partial charge in [-0.05, 0) is 119 Å². The minimum atomic E-state index is -3.05. The number of carbonyl (C=O) groups excluding carboxylic acids is 5. The number of likely N-dealkylation sites (N-methyl/N-ethyl adjacent to an activating group) is 1. The molecule has 0 spiro atoms. The number of carbonyl (C=O) groups is 5. The number of amides is 3. The third-order valence-electron chi connectivity index (χ3n) is 14.4. The van der Waals surface area contributed by atoms with E-state index in [1.54, 1.807) is 14.0 Å². The summed E-state index contributed by atoms with van der Waals surface area (Å²) in [6, 6.07) is 27.5. The van der Waals surface area contributed by atoms with E-state index < -0.39 is 94.6 Å². The number of benzene rings is 4. The van der Waals surface area contributed by atoms with Gasteiger partial charge in [0, 0.05) is 36.6 Å². The van der Waals surface area contributed by atoms with E-state index in [4.69, 9.17) is 10.5 Å². The number of nitrogens with one attached hydrogen (secondary N) is 2. The molecular weight excluding hydrogens is 912 g/mol. The van der Waals surface area contributed by atoms with Gasteiger partial charge in [-0.25, -0.2) is 0 Å². The van der Waals surface area contributed by atoms with Crippen molar-refractivity contribution in [3.05, 3.63) is 124 Å². The fraction of sp³-hybridized carbons (Fsp3) is 0.389. The number of aliphatic hydroxyl groups excluding tert-OH is 3. The van der Waals surface area contributed by atoms with Gasteiger partial charge in [0.05, 0.1) is 36.9 Å². The van der Waals surface area contributed by atoms with E-state index in [1.165, 1.54) is 58.2 Å². The second kappa shape index (κ2) is 20.9. The van der Waals surface area contributed by atoms with E-state index in [9.17, 15) is 49.5 Å². The molecule has 0 bridgehead atoms. The second-order valence-corrected chi connectivity index (χ2v) is 22.7. The van der Waals surface area contributed by atoms with Crippen LogP contribution in [0, 0.1) is 25.7 Å². The molecule has 6 atom stereocenters. The quantitative estimate of drug-likeness (QED) is 0.0287. The summed E-state index contributed by atoms with van der Waals surface area (Å²) in [5.74, 6) is -10.2. The highest BCUT2D eigenvalue weighted by molar-refractivity contribution is 7.95. The van der Waals surface area contributed by atoms with Crippen LogP contribution in [0.1, 0.15) is 80.0 Å². The fourth-order valence-corrected chi connectivity index (χ4v) is 15.2. The number of nitrogens with two attached hydrogens (primary N) is 1. The molecule has 9 N–H and O–H groups in total. The van der Waals surface area contributed by atoms with E-state index >= 15 is 0 Å². The van der Waals surface area contributed by atoms with Crippen LogP contribution in [0.25, 0.3) is 5.76 Å². The van der Waals surface area contributed by atoms with Gasteiger partial charge in [0.1, 0.15) is 51.8 Å². The van der Waals surface area contributed by atoms with Crippen LogP contribution in [0.4, 0.5) is 5.69 Å². The molecule has 4 aromatic carbocycles. The Morgan fingerprint density at radius 3 is 1.90 bits per heavy atom. The van der Waals surface area contributed by atoms with E-state index in [0.29, 0.717) is 12.8 Å². The number of aliphatic hydroxyl groups is 4. The van der Waals surface area contributed by atoms with Gasteiger partial charge in [0.25, 0.3) is 5.91 Å². The molecule has 3 aliphatic rings. The number of aromatic hydroxyl groups is 1. The first kappa shape index (κ1) is 51.5. The van der Waals surface area contributed by atoms with Gasteiger partial charge in [0.15, 0.2) is 11.4 Å². The van der Waals surface area contributed by atoms with Crippen LogP contribution >= 0.6 is 7.26 Å². The van der Waals surface area contributed by atoms with Crippen molar-refractivity contribution in [1.29, 1.82) is 0 Å². The van der Waals surface area contributed by atoms with Gasteiger partial charge in [-0.1, -0.05) is 55.2 Å². The van der Waals surface area contributed by atoms with Crippen molar-refractivity contribution >= 4 is 63.9 Å². The lowest BCUT2D eigenvalue weighted by Gasteiger charge is -2.53. The van der Waals surface area contributed by atoms with Gasteiger partial charge < -0.3 is 46.6 Å². The largest absolute Gasteiger partial charge is 0.508 e. The number of anilines is 1. The van der Waals surface area contributed by atoms with Crippen LogP contribution in [-0.2, 0) is 24.0 Å². The smallest absolute Gasteiger partial charge is 0.255 e. The number of nitrogens with zero attached hydrogens (tertiary/aromatic N) is 1. The zero-order valence-electron chi connectivity index (χ0n) is 40.5. The first-order valence-electron chi connectivity index (χ1n) is 23.7. The number of ether oxygens (including phenoxy) is 1. The summed E-state index contributed by atoms with van der Waals surface area (Å²) in [5, 5.41) is 67.3. The Kier molecular flexibility index (Phi) is 15.4. The summed E-state index contributed by atoms with van der Waals surface area (Å²) in [6.45, 7) is 5.83. The molecule has 0 aromatic heterocycles. The summed E-state index contributed by atoms with van der Waals surface area (Å²) in [7, 11) is 2.51. The zero-order valence-corrected chi connectivity index (χ0v) is 41.4. The minimum Gasteiger partial charge on any atom is -0.508 e. The highest BCUT2D eigenvalue weighted by Gasteiger charge is 2.68. The van der Waals surface area contributed by atoms with Crippen LogP contribution in [0.5, 0.6) is 11.5 Å². The van der Waals surface area contributed by atoms with Gasteiger partial charge in [-0.2, -0.15) is 0 Å². The third-order valence-corrected chi connectivity index (χ3v) is 18.9. The van der Waals surface area contributed by atoms with Gasteiger partial charge in [-0.15, -0.1) is 0 Å². The molecule has 4 aromatic rings. The molecule has 0 heterocycles. The number of ketones is 2. The van der Waals surface area contributed by atoms with Crippen LogP contribution < -0.4 is 37.0 Å². The molecule has 0 radical (unpaired) electrons. The maximum Gasteiger partial charge on any atom is 0.255 e. The summed E-state index contributed by atoms with van der Waals surface area (Å²) in [6.07, 6.45) is 3.89. The van der Waals surface area contributed by atoms with Crippen LogP contribution in [-0.4, -0.2) is 111 Å². The number of unbranched alkanes of at least 4 members (excludes halogenated alkanes) is 4. The third kappa shape index (κ3) is 9.35. The number of phenolic OH excluding ortho intramolecular Hbond substituents is 1.